The van der Waals surface area contributed by atoms with E-state index in [0.717, 1.165) is 32.9 Å². The van der Waals surface area contributed by atoms with E-state index in [4.69, 9.17) is 4.74 Å². The SMILES string of the molecule is CC1(CC(=O)N/N=C/c2ccccc2OCc2ccc(Br)cc2)SCCS1. The molecule has 142 valence electrons. The van der Waals surface area contributed by atoms with Gasteiger partial charge in [-0.25, -0.2) is 5.43 Å². The summed E-state index contributed by atoms with van der Waals surface area (Å²) in [6.45, 7) is 2.58. The van der Waals surface area contributed by atoms with Crippen LogP contribution in [0.1, 0.15) is 24.5 Å². The van der Waals surface area contributed by atoms with Gasteiger partial charge in [0.25, 0.3) is 0 Å². The highest BCUT2D eigenvalue weighted by Crippen LogP contribution is 2.45. The Balaban J connectivity index is 1.55. The van der Waals surface area contributed by atoms with Crippen molar-refractivity contribution in [2.75, 3.05) is 11.5 Å². The molecule has 27 heavy (non-hydrogen) atoms. The third-order valence-corrected chi connectivity index (χ3v) is 7.82. The molecule has 2 aromatic rings. The van der Waals surface area contributed by atoms with Crippen molar-refractivity contribution in [2.45, 2.75) is 24.0 Å². The molecule has 0 saturated carbocycles. The maximum atomic E-state index is 12.1. The van der Waals surface area contributed by atoms with Gasteiger partial charge in [-0.3, -0.25) is 4.79 Å². The molecule has 0 bridgehead atoms. The Kier molecular flexibility index (Phi) is 7.26. The van der Waals surface area contributed by atoms with Crippen LogP contribution in [0.25, 0.3) is 0 Å². The van der Waals surface area contributed by atoms with Crippen molar-refractivity contribution < 1.29 is 9.53 Å². The van der Waals surface area contributed by atoms with Crippen molar-refractivity contribution in [3.05, 3.63) is 64.1 Å². The number of hydrogen-bond acceptors (Lipinski definition) is 5. The van der Waals surface area contributed by atoms with E-state index in [9.17, 15) is 4.79 Å². The molecule has 0 aromatic heterocycles. The summed E-state index contributed by atoms with van der Waals surface area (Å²) in [5.41, 5.74) is 4.54. The molecule has 3 rings (SSSR count). The van der Waals surface area contributed by atoms with Crippen molar-refractivity contribution in [1.29, 1.82) is 0 Å². The number of halogens is 1. The minimum absolute atomic E-state index is 0.0364. The standard InChI is InChI=1S/C20H21BrN2O2S2/c1-20(26-10-11-27-20)12-19(24)23-22-13-16-4-2-3-5-18(16)25-14-15-6-8-17(21)9-7-15/h2-9,13H,10-12,14H2,1H3,(H,23,24)/b22-13+. The highest BCUT2D eigenvalue weighted by atomic mass is 79.9. The minimum Gasteiger partial charge on any atom is -0.488 e. The van der Waals surface area contributed by atoms with Crippen molar-refractivity contribution in [3.8, 4) is 5.75 Å². The van der Waals surface area contributed by atoms with Crippen LogP contribution in [0.3, 0.4) is 0 Å². The van der Waals surface area contributed by atoms with E-state index in [-0.39, 0.29) is 9.99 Å². The molecule has 1 aliphatic heterocycles. The molecule has 1 amide bonds. The summed E-state index contributed by atoms with van der Waals surface area (Å²) in [7, 11) is 0. The van der Waals surface area contributed by atoms with Crippen LogP contribution in [-0.2, 0) is 11.4 Å². The molecule has 0 radical (unpaired) electrons. The molecule has 0 spiro atoms. The van der Waals surface area contributed by atoms with Gasteiger partial charge in [-0.05, 0) is 36.8 Å². The maximum absolute atomic E-state index is 12.1. The van der Waals surface area contributed by atoms with Crippen molar-refractivity contribution in [1.82, 2.24) is 5.43 Å². The molecule has 0 unspecified atom stereocenters. The Bertz CT molecular complexity index is 806. The van der Waals surface area contributed by atoms with Gasteiger partial charge in [0.2, 0.25) is 5.91 Å². The number of carbonyl (C=O) groups is 1. The first-order valence-corrected chi connectivity index (χ1v) is 11.4. The lowest BCUT2D eigenvalue weighted by atomic mass is 10.2. The smallest absolute Gasteiger partial charge is 0.242 e. The van der Waals surface area contributed by atoms with Crippen LogP contribution in [0.4, 0.5) is 0 Å². The van der Waals surface area contributed by atoms with Gasteiger partial charge in [-0.1, -0.05) is 40.2 Å². The van der Waals surface area contributed by atoms with Crippen molar-refractivity contribution in [2.24, 2.45) is 5.10 Å². The summed E-state index contributed by atoms with van der Waals surface area (Å²) < 4.78 is 6.92. The topological polar surface area (TPSA) is 50.7 Å². The van der Waals surface area contributed by atoms with Crippen LogP contribution in [-0.4, -0.2) is 27.7 Å². The molecule has 0 aliphatic carbocycles. The molecule has 0 atom stereocenters. The fraction of sp³-hybridized carbons (Fsp3) is 0.300. The number of nitrogens with zero attached hydrogens (tertiary/aromatic N) is 1. The largest absolute Gasteiger partial charge is 0.488 e. The van der Waals surface area contributed by atoms with Gasteiger partial charge in [-0.2, -0.15) is 5.10 Å². The number of nitrogens with one attached hydrogen (secondary N) is 1. The zero-order valence-electron chi connectivity index (χ0n) is 15.0. The molecule has 1 aliphatic rings. The van der Waals surface area contributed by atoms with Crippen LogP contribution in [0.15, 0.2) is 58.1 Å². The highest BCUT2D eigenvalue weighted by molar-refractivity contribution is 9.10. The molecule has 1 N–H and O–H groups in total. The number of hydrogen-bond donors (Lipinski definition) is 1. The zero-order chi connectivity index (χ0) is 19.1. The third-order valence-electron chi connectivity index (χ3n) is 4.00. The van der Waals surface area contributed by atoms with Gasteiger partial charge in [-0.15, -0.1) is 23.5 Å². The third kappa shape index (κ3) is 6.30. The second-order valence-corrected chi connectivity index (χ2v) is 10.6. The Morgan fingerprint density at radius 2 is 1.93 bits per heavy atom. The van der Waals surface area contributed by atoms with E-state index in [0.29, 0.717) is 13.0 Å². The molecular formula is C20H21BrN2O2S2. The number of thioether (sulfide) groups is 2. The van der Waals surface area contributed by atoms with Gasteiger partial charge in [0.15, 0.2) is 0 Å². The first-order valence-electron chi connectivity index (χ1n) is 8.60. The normalized spacial score (nSPS) is 15.8. The monoisotopic (exact) mass is 464 g/mol. The van der Waals surface area contributed by atoms with E-state index < -0.39 is 0 Å². The van der Waals surface area contributed by atoms with E-state index in [1.54, 1.807) is 6.21 Å². The Hall–Kier alpha value is -1.44. The van der Waals surface area contributed by atoms with Gasteiger partial charge in [0.05, 0.1) is 16.7 Å². The van der Waals surface area contributed by atoms with Gasteiger partial charge >= 0.3 is 0 Å². The van der Waals surface area contributed by atoms with Crippen LogP contribution in [0, 0.1) is 0 Å². The minimum atomic E-state index is -0.0658. The average Bonchev–Trinajstić information content (AvgIpc) is 3.08. The average molecular weight is 465 g/mol. The molecule has 2 aromatic carbocycles. The Labute approximate surface area is 176 Å². The van der Waals surface area contributed by atoms with Crippen LogP contribution < -0.4 is 10.2 Å². The van der Waals surface area contributed by atoms with E-state index in [1.807, 2.05) is 72.1 Å². The highest BCUT2D eigenvalue weighted by Gasteiger charge is 2.32. The summed E-state index contributed by atoms with van der Waals surface area (Å²) in [4.78, 5) is 12.1. The Morgan fingerprint density at radius 3 is 2.67 bits per heavy atom. The van der Waals surface area contributed by atoms with Crippen LogP contribution in [0.5, 0.6) is 5.75 Å². The maximum Gasteiger partial charge on any atom is 0.242 e. The lowest BCUT2D eigenvalue weighted by Gasteiger charge is -2.19. The van der Waals surface area contributed by atoms with Crippen molar-refractivity contribution >= 4 is 51.6 Å². The Morgan fingerprint density at radius 1 is 1.22 bits per heavy atom. The number of amides is 1. The fourth-order valence-electron chi connectivity index (χ4n) is 2.62. The van der Waals surface area contributed by atoms with Gasteiger partial charge in [0, 0.05) is 21.5 Å². The molecule has 7 heteroatoms. The van der Waals surface area contributed by atoms with Gasteiger partial charge in [0.1, 0.15) is 12.4 Å². The quantitative estimate of drug-likeness (QED) is 0.459. The summed E-state index contributed by atoms with van der Waals surface area (Å²) in [6.07, 6.45) is 2.09. The first-order chi connectivity index (χ1) is 13.0. The van der Waals surface area contributed by atoms with Gasteiger partial charge < -0.3 is 4.74 Å². The predicted molar refractivity (Wildman–Crippen MR) is 119 cm³/mol. The molecule has 1 heterocycles. The van der Waals surface area contributed by atoms with E-state index in [1.165, 1.54) is 0 Å². The molecule has 4 nitrogen and oxygen atoms in total. The second-order valence-electron chi connectivity index (χ2n) is 6.25. The van der Waals surface area contributed by atoms with E-state index in [2.05, 4.69) is 33.4 Å². The van der Waals surface area contributed by atoms with Crippen molar-refractivity contribution in [3.63, 3.8) is 0 Å². The summed E-state index contributed by atoms with van der Waals surface area (Å²) in [5, 5.41) is 4.11. The molecular weight excluding hydrogens is 444 g/mol. The number of carbonyl (C=O) groups excluding carboxylic acids is 1. The number of ether oxygens (including phenoxy) is 1. The predicted octanol–water partition coefficient (Wildman–Crippen LogP) is 5.06. The summed E-state index contributed by atoms with van der Waals surface area (Å²) in [5.74, 6) is 2.86. The number of para-hydroxylation sites is 1. The number of benzene rings is 2. The lowest BCUT2D eigenvalue weighted by Crippen LogP contribution is -2.26. The lowest BCUT2D eigenvalue weighted by molar-refractivity contribution is -0.121. The van der Waals surface area contributed by atoms with E-state index >= 15 is 0 Å². The zero-order valence-corrected chi connectivity index (χ0v) is 18.2. The summed E-state index contributed by atoms with van der Waals surface area (Å²) in [6, 6.07) is 15.7. The van der Waals surface area contributed by atoms with Crippen LogP contribution in [0.2, 0.25) is 0 Å². The van der Waals surface area contributed by atoms with Crippen LogP contribution >= 0.6 is 39.5 Å². The fourth-order valence-corrected chi connectivity index (χ4v) is 5.72. The molecule has 1 saturated heterocycles. The molecule has 1 fully saturated rings. The number of rotatable bonds is 7. The first kappa shape index (κ1) is 20.3. The number of hydrazone groups is 1. The second kappa shape index (κ2) is 9.66. The summed E-state index contributed by atoms with van der Waals surface area (Å²) >= 11 is 7.10.